The van der Waals surface area contributed by atoms with Crippen LogP contribution in [0.15, 0.2) is 18.3 Å². The lowest BCUT2D eigenvalue weighted by Gasteiger charge is -2.31. The van der Waals surface area contributed by atoms with E-state index in [1.807, 2.05) is 0 Å². The molecule has 0 N–H and O–H groups in total. The fraction of sp³-hybridized carbons (Fsp3) is 0.455. The van der Waals surface area contributed by atoms with Crippen LogP contribution in [-0.2, 0) is 0 Å². The molecule has 0 spiro atoms. The van der Waals surface area contributed by atoms with Gasteiger partial charge in [-0.2, -0.15) is 0 Å². The van der Waals surface area contributed by atoms with Crippen molar-refractivity contribution in [1.29, 1.82) is 0 Å². The molecule has 1 aromatic rings. The first-order valence-electron chi connectivity index (χ1n) is 5.42. The maximum Gasteiger partial charge on any atom is 0.416 e. The Kier molecular flexibility index (Phi) is 3.65. The standard InChI is InChI=1S/C11H11ClF2N2O2/c12-8-2-3-9(15-6-8)18-10(17)16-5-1-4-11(13,14)7-16/h2-3,6H,1,4-5,7H2. The van der Waals surface area contributed by atoms with Crippen molar-refractivity contribution in [3.63, 3.8) is 0 Å². The Morgan fingerprint density at radius 3 is 2.89 bits per heavy atom. The predicted molar refractivity (Wildman–Crippen MR) is 61.0 cm³/mol. The van der Waals surface area contributed by atoms with E-state index in [-0.39, 0.29) is 25.3 Å². The number of aromatic nitrogens is 1. The van der Waals surface area contributed by atoms with Gasteiger partial charge in [0.15, 0.2) is 0 Å². The second kappa shape index (κ2) is 5.06. The lowest BCUT2D eigenvalue weighted by molar-refractivity contribution is -0.0566. The third-order valence-corrected chi connectivity index (χ3v) is 2.77. The zero-order valence-electron chi connectivity index (χ0n) is 9.41. The Morgan fingerprint density at radius 1 is 1.50 bits per heavy atom. The van der Waals surface area contributed by atoms with Crippen molar-refractivity contribution in [3.05, 3.63) is 23.4 Å². The Labute approximate surface area is 108 Å². The van der Waals surface area contributed by atoms with Crippen LogP contribution in [0.5, 0.6) is 5.88 Å². The minimum atomic E-state index is -2.84. The maximum atomic E-state index is 13.1. The molecule has 0 atom stereocenters. The van der Waals surface area contributed by atoms with Gasteiger partial charge < -0.3 is 9.64 Å². The second-order valence-corrected chi connectivity index (χ2v) is 4.50. The van der Waals surface area contributed by atoms with Gasteiger partial charge >= 0.3 is 6.09 Å². The summed E-state index contributed by atoms with van der Waals surface area (Å²) in [5.74, 6) is -2.80. The van der Waals surface area contributed by atoms with Gasteiger partial charge in [0.05, 0.1) is 11.6 Å². The molecule has 1 aromatic heterocycles. The summed E-state index contributed by atoms with van der Waals surface area (Å²) in [7, 11) is 0. The quantitative estimate of drug-likeness (QED) is 0.792. The van der Waals surface area contributed by atoms with Crippen LogP contribution < -0.4 is 4.74 Å². The Morgan fingerprint density at radius 2 is 2.28 bits per heavy atom. The molecule has 2 rings (SSSR count). The lowest BCUT2D eigenvalue weighted by atomic mass is 10.1. The highest BCUT2D eigenvalue weighted by Gasteiger charge is 2.37. The summed E-state index contributed by atoms with van der Waals surface area (Å²) in [5, 5.41) is 0.402. The zero-order valence-corrected chi connectivity index (χ0v) is 10.2. The summed E-state index contributed by atoms with van der Waals surface area (Å²) in [4.78, 5) is 16.4. The summed E-state index contributed by atoms with van der Waals surface area (Å²) >= 11 is 5.62. The SMILES string of the molecule is O=C(Oc1ccc(Cl)cn1)N1CCCC(F)(F)C1. The van der Waals surface area contributed by atoms with Crippen molar-refractivity contribution in [2.75, 3.05) is 13.1 Å². The number of ether oxygens (including phenoxy) is 1. The second-order valence-electron chi connectivity index (χ2n) is 4.06. The molecular weight excluding hydrogens is 266 g/mol. The highest BCUT2D eigenvalue weighted by Crippen LogP contribution is 2.27. The number of hydrogen-bond donors (Lipinski definition) is 0. The van der Waals surface area contributed by atoms with E-state index in [1.54, 1.807) is 0 Å². The monoisotopic (exact) mass is 276 g/mol. The van der Waals surface area contributed by atoms with E-state index in [4.69, 9.17) is 16.3 Å². The first-order valence-corrected chi connectivity index (χ1v) is 5.80. The molecule has 0 radical (unpaired) electrons. The van der Waals surface area contributed by atoms with Gasteiger partial charge in [-0.3, -0.25) is 0 Å². The number of amides is 1. The largest absolute Gasteiger partial charge is 0.416 e. The van der Waals surface area contributed by atoms with Crippen LogP contribution in [-0.4, -0.2) is 35.0 Å². The first-order chi connectivity index (χ1) is 8.46. The van der Waals surface area contributed by atoms with Crippen molar-refractivity contribution in [3.8, 4) is 5.88 Å². The zero-order chi connectivity index (χ0) is 13.2. The number of rotatable bonds is 1. The third-order valence-electron chi connectivity index (χ3n) is 2.54. The smallest absolute Gasteiger partial charge is 0.391 e. The summed E-state index contributed by atoms with van der Waals surface area (Å²) in [6.45, 7) is -0.346. The van der Waals surface area contributed by atoms with E-state index in [1.165, 1.54) is 18.3 Å². The van der Waals surface area contributed by atoms with Gasteiger partial charge in [0.25, 0.3) is 5.92 Å². The van der Waals surface area contributed by atoms with Crippen LogP contribution in [0.25, 0.3) is 0 Å². The van der Waals surface area contributed by atoms with Gasteiger partial charge in [-0.1, -0.05) is 11.6 Å². The molecular formula is C11H11ClF2N2O2. The highest BCUT2D eigenvalue weighted by molar-refractivity contribution is 6.30. The molecule has 0 aromatic carbocycles. The molecule has 98 valence electrons. The molecule has 4 nitrogen and oxygen atoms in total. The molecule has 0 unspecified atom stereocenters. The number of alkyl halides is 2. The number of piperidine rings is 1. The number of carbonyl (C=O) groups is 1. The van der Waals surface area contributed by atoms with E-state index in [2.05, 4.69) is 4.98 Å². The van der Waals surface area contributed by atoms with Gasteiger partial charge in [0.1, 0.15) is 0 Å². The van der Waals surface area contributed by atoms with Crippen molar-refractivity contribution < 1.29 is 18.3 Å². The number of pyridine rings is 1. The molecule has 18 heavy (non-hydrogen) atoms. The van der Waals surface area contributed by atoms with E-state index in [9.17, 15) is 13.6 Å². The van der Waals surface area contributed by atoms with Gasteiger partial charge in [0.2, 0.25) is 5.88 Å². The third kappa shape index (κ3) is 3.29. The van der Waals surface area contributed by atoms with Crippen molar-refractivity contribution in [2.45, 2.75) is 18.8 Å². The van der Waals surface area contributed by atoms with Crippen LogP contribution in [0, 0.1) is 0 Å². The highest BCUT2D eigenvalue weighted by atomic mass is 35.5. The van der Waals surface area contributed by atoms with Crippen LogP contribution in [0.4, 0.5) is 13.6 Å². The molecule has 0 bridgehead atoms. The molecule has 7 heteroatoms. The topological polar surface area (TPSA) is 42.4 Å². The summed E-state index contributed by atoms with van der Waals surface area (Å²) in [6.07, 6.45) is 0.561. The molecule has 1 fully saturated rings. The van der Waals surface area contributed by atoms with Gasteiger partial charge in [-0.25, -0.2) is 18.6 Å². The number of halogens is 3. The van der Waals surface area contributed by atoms with E-state index in [0.29, 0.717) is 5.02 Å². The number of nitrogens with zero attached hydrogens (tertiary/aromatic N) is 2. The molecule has 2 heterocycles. The molecule has 1 amide bonds. The van der Waals surface area contributed by atoms with E-state index in [0.717, 1.165) is 4.90 Å². The molecule has 1 aliphatic heterocycles. The lowest BCUT2D eigenvalue weighted by Crippen LogP contribution is -2.46. The molecule has 1 aliphatic rings. The fourth-order valence-corrected chi connectivity index (χ4v) is 1.81. The summed E-state index contributed by atoms with van der Waals surface area (Å²) in [6, 6.07) is 2.91. The Balaban J connectivity index is 1.97. The molecule has 0 saturated carbocycles. The molecule has 1 saturated heterocycles. The number of hydrogen-bond acceptors (Lipinski definition) is 3. The van der Waals surface area contributed by atoms with Gasteiger partial charge in [0, 0.05) is 25.2 Å². The minimum absolute atomic E-state index is 0.0401. The first kappa shape index (κ1) is 13.0. The Hall–Kier alpha value is -1.43. The Bertz CT molecular complexity index is 439. The average molecular weight is 277 g/mol. The van der Waals surface area contributed by atoms with Crippen molar-refractivity contribution >= 4 is 17.7 Å². The van der Waals surface area contributed by atoms with Gasteiger partial charge in [-0.05, 0) is 12.5 Å². The van der Waals surface area contributed by atoms with E-state index >= 15 is 0 Å². The fourth-order valence-electron chi connectivity index (χ4n) is 1.70. The van der Waals surface area contributed by atoms with Crippen molar-refractivity contribution in [2.24, 2.45) is 0 Å². The number of likely N-dealkylation sites (tertiary alicyclic amines) is 1. The van der Waals surface area contributed by atoms with Crippen LogP contribution >= 0.6 is 11.6 Å². The van der Waals surface area contributed by atoms with Crippen LogP contribution in [0.1, 0.15) is 12.8 Å². The van der Waals surface area contributed by atoms with E-state index < -0.39 is 18.6 Å². The normalized spacial score (nSPS) is 18.5. The average Bonchev–Trinajstić information content (AvgIpc) is 2.31. The number of carbonyl (C=O) groups excluding carboxylic acids is 1. The van der Waals surface area contributed by atoms with Crippen molar-refractivity contribution in [1.82, 2.24) is 9.88 Å². The predicted octanol–water partition coefficient (Wildman–Crippen LogP) is 2.96. The maximum absolute atomic E-state index is 13.1. The van der Waals surface area contributed by atoms with Gasteiger partial charge in [-0.15, -0.1) is 0 Å². The minimum Gasteiger partial charge on any atom is -0.391 e. The summed E-state index contributed by atoms with van der Waals surface area (Å²) < 4.78 is 31.1. The molecule has 0 aliphatic carbocycles. The summed E-state index contributed by atoms with van der Waals surface area (Å²) in [5.41, 5.74) is 0. The van der Waals surface area contributed by atoms with Crippen LogP contribution in [0.3, 0.4) is 0 Å². The van der Waals surface area contributed by atoms with Crippen LogP contribution in [0.2, 0.25) is 5.02 Å².